The van der Waals surface area contributed by atoms with Crippen LogP contribution in [0.3, 0.4) is 0 Å². The van der Waals surface area contributed by atoms with E-state index in [9.17, 15) is 9.59 Å². The molecule has 2 aromatic rings. The fraction of sp³-hybridized carbons (Fsp3) is 0.474. The highest BCUT2D eigenvalue weighted by Gasteiger charge is 2.35. The fourth-order valence-corrected chi connectivity index (χ4v) is 5.55. The lowest BCUT2D eigenvalue weighted by Gasteiger charge is -2.22. The van der Waals surface area contributed by atoms with E-state index in [1.807, 2.05) is 35.2 Å². The van der Waals surface area contributed by atoms with Crippen LogP contribution in [0.2, 0.25) is 0 Å². The lowest BCUT2D eigenvalue weighted by atomic mass is 10.1. The third-order valence-corrected chi connectivity index (χ3v) is 7.06. The monoisotopic (exact) mass is 402 g/mol. The van der Waals surface area contributed by atoms with Crippen molar-refractivity contribution >= 4 is 40.0 Å². The summed E-state index contributed by atoms with van der Waals surface area (Å²) in [5, 5.41) is 8.80. The molecule has 27 heavy (non-hydrogen) atoms. The zero-order chi connectivity index (χ0) is 18.8. The Balaban J connectivity index is 1.56. The molecule has 0 bridgehead atoms. The van der Waals surface area contributed by atoms with Crippen molar-refractivity contribution in [2.75, 3.05) is 18.0 Å². The fourth-order valence-electron chi connectivity index (χ4n) is 3.32. The molecule has 1 aliphatic carbocycles. The van der Waals surface area contributed by atoms with Crippen LogP contribution in [0, 0.1) is 0 Å². The maximum Gasteiger partial charge on any atom is 0.240 e. The number of thioether (sulfide) groups is 1. The number of carbonyl (C=O) groups excluding carboxylic acids is 2. The van der Waals surface area contributed by atoms with Gasteiger partial charge < -0.3 is 4.90 Å². The maximum atomic E-state index is 13.1. The third-order valence-electron chi connectivity index (χ3n) is 4.82. The summed E-state index contributed by atoms with van der Waals surface area (Å²) in [5.74, 6) is 0.129. The van der Waals surface area contributed by atoms with Crippen LogP contribution in [0.25, 0.3) is 0 Å². The predicted molar refractivity (Wildman–Crippen MR) is 107 cm³/mol. The molecule has 2 aliphatic rings. The number of benzene rings is 1. The molecule has 4 rings (SSSR count). The van der Waals surface area contributed by atoms with Gasteiger partial charge in [0.2, 0.25) is 16.9 Å². The molecular formula is C19H22N4O2S2. The van der Waals surface area contributed by atoms with E-state index < -0.39 is 0 Å². The molecule has 142 valence electrons. The first-order valence-corrected chi connectivity index (χ1v) is 11.0. The zero-order valence-corrected chi connectivity index (χ0v) is 16.8. The minimum atomic E-state index is -0.336. The van der Waals surface area contributed by atoms with Crippen LogP contribution in [0.15, 0.2) is 34.7 Å². The van der Waals surface area contributed by atoms with E-state index in [0.29, 0.717) is 5.13 Å². The largest absolute Gasteiger partial charge is 0.341 e. The number of amides is 2. The quantitative estimate of drug-likeness (QED) is 0.546. The summed E-state index contributed by atoms with van der Waals surface area (Å²) < 4.78 is 0.721. The molecule has 0 radical (unpaired) electrons. The molecule has 1 aliphatic heterocycles. The van der Waals surface area contributed by atoms with Gasteiger partial charge in [-0.3, -0.25) is 14.5 Å². The topological polar surface area (TPSA) is 66.4 Å². The lowest BCUT2D eigenvalue weighted by molar-refractivity contribution is -0.129. The van der Waals surface area contributed by atoms with Gasteiger partial charge in [0, 0.05) is 26.1 Å². The molecular weight excluding hydrogens is 380 g/mol. The van der Waals surface area contributed by atoms with E-state index in [1.54, 1.807) is 11.8 Å². The van der Waals surface area contributed by atoms with Crippen LogP contribution in [-0.4, -0.2) is 46.0 Å². The SMILES string of the molecule is CC(=O)N(c1nnc(SC(C(=O)N2CCCC2)c2ccccc2)s1)C1CC1. The molecule has 2 amide bonds. The first kappa shape index (κ1) is 18.4. The van der Waals surface area contributed by atoms with Gasteiger partial charge >= 0.3 is 0 Å². The van der Waals surface area contributed by atoms with E-state index in [2.05, 4.69) is 10.2 Å². The number of aromatic nitrogens is 2. The summed E-state index contributed by atoms with van der Waals surface area (Å²) in [6, 6.07) is 10.1. The number of rotatable bonds is 6. The highest BCUT2D eigenvalue weighted by atomic mass is 32.2. The van der Waals surface area contributed by atoms with E-state index >= 15 is 0 Å². The Morgan fingerprint density at radius 2 is 1.89 bits per heavy atom. The Hall–Kier alpha value is -1.93. The molecule has 0 spiro atoms. The minimum absolute atomic E-state index is 0.00190. The van der Waals surface area contributed by atoms with Crippen molar-refractivity contribution in [1.29, 1.82) is 0 Å². The molecule has 0 N–H and O–H groups in total. The summed E-state index contributed by atoms with van der Waals surface area (Å²) in [6.45, 7) is 3.21. The zero-order valence-electron chi connectivity index (χ0n) is 15.2. The number of likely N-dealkylation sites (tertiary alicyclic amines) is 1. The molecule has 6 nitrogen and oxygen atoms in total. The second-order valence-electron chi connectivity index (χ2n) is 6.91. The Bertz CT molecular complexity index is 816. The molecule has 8 heteroatoms. The first-order chi connectivity index (χ1) is 13.1. The average Bonchev–Trinajstić information content (AvgIpc) is 3.16. The lowest BCUT2D eigenvalue weighted by Crippen LogP contribution is -2.31. The second-order valence-corrected chi connectivity index (χ2v) is 9.22. The average molecular weight is 403 g/mol. The van der Waals surface area contributed by atoms with Gasteiger partial charge in [-0.2, -0.15) is 0 Å². The smallest absolute Gasteiger partial charge is 0.240 e. The summed E-state index contributed by atoms with van der Waals surface area (Å²) >= 11 is 2.83. The molecule has 2 fully saturated rings. The summed E-state index contributed by atoms with van der Waals surface area (Å²) in [4.78, 5) is 28.8. The second kappa shape index (κ2) is 7.98. The van der Waals surface area contributed by atoms with Crippen molar-refractivity contribution in [2.45, 2.75) is 48.2 Å². The first-order valence-electron chi connectivity index (χ1n) is 9.27. The molecule has 2 heterocycles. The van der Waals surface area contributed by atoms with Crippen LogP contribution in [-0.2, 0) is 9.59 Å². The summed E-state index contributed by atoms with van der Waals surface area (Å²) in [6.07, 6.45) is 4.16. The highest BCUT2D eigenvalue weighted by molar-refractivity contribution is 8.01. The number of nitrogens with zero attached hydrogens (tertiary/aromatic N) is 4. The van der Waals surface area contributed by atoms with E-state index in [0.717, 1.165) is 48.7 Å². The van der Waals surface area contributed by atoms with Crippen molar-refractivity contribution in [1.82, 2.24) is 15.1 Å². The van der Waals surface area contributed by atoms with Gasteiger partial charge in [0.05, 0.1) is 0 Å². The molecule has 1 saturated carbocycles. The van der Waals surface area contributed by atoms with Crippen molar-refractivity contribution in [3.63, 3.8) is 0 Å². The Morgan fingerprint density at radius 1 is 1.19 bits per heavy atom. The maximum absolute atomic E-state index is 13.1. The van der Waals surface area contributed by atoms with Gasteiger partial charge in [0.1, 0.15) is 5.25 Å². The van der Waals surface area contributed by atoms with Crippen LogP contribution < -0.4 is 4.90 Å². The number of carbonyl (C=O) groups is 2. The van der Waals surface area contributed by atoms with Crippen molar-refractivity contribution < 1.29 is 9.59 Å². The van der Waals surface area contributed by atoms with Gasteiger partial charge in [-0.05, 0) is 31.2 Å². The Morgan fingerprint density at radius 3 is 2.52 bits per heavy atom. The number of hydrogen-bond acceptors (Lipinski definition) is 6. The normalized spacial score (nSPS) is 17.7. The Kier molecular flexibility index (Phi) is 5.45. The minimum Gasteiger partial charge on any atom is -0.341 e. The summed E-state index contributed by atoms with van der Waals surface area (Å²) in [5.41, 5.74) is 0.974. The van der Waals surface area contributed by atoms with Gasteiger partial charge in [-0.25, -0.2) is 0 Å². The van der Waals surface area contributed by atoms with Crippen molar-refractivity contribution in [3.05, 3.63) is 35.9 Å². The standard InChI is InChI=1S/C19H22N4O2S2/c1-13(24)23(15-9-10-15)18-20-21-19(27-18)26-16(14-7-3-2-4-8-14)17(25)22-11-5-6-12-22/h2-4,7-8,15-16H,5-6,9-12H2,1H3. The molecule has 1 aromatic heterocycles. The van der Waals surface area contributed by atoms with Gasteiger partial charge in [0.15, 0.2) is 4.34 Å². The van der Waals surface area contributed by atoms with Gasteiger partial charge in [-0.15, -0.1) is 10.2 Å². The van der Waals surface area contributed by atoms with Crippen LogP contribution in [0.4, 0.5) is 5.13 Å². The molecule has 1 unspecified atom stereocenters. The summed E-state index contributed by atoms with van der Waals surface area (Å²) in [7, 11) is 0. The Labute approximate surface area is 167 Å². The van der Waals surface area contributed by atoms with Crippen LogP contribution >= 0.6 is 23.1 Å². The number of hydrogen-bond donors (Lipinski definition) is 0. The van der Waals surface area contributed by atoms with Gasteiger partial charge in [0.25, 0.3) is 0 Å². The molecule has 1 aromatic carbocycles. The molecule has 1 atom stereocenters. The van der Waals surface area contributed by atoms with E-state index in [-0.39, 0.29) is 23.1 Å². The van der Waals surface area contributed by atoms with E-state index in [1.165, 1.54) is 23.1 Å². The number of anilines is 1. The highest BCUT2D eigenvalue weighted by Crippen LogP contribution is 2.41. The van der Waals surface area contributed by atoms with E-state index in [4.69, 9.17) is 0 Å². The van der Waals surface area contributed by atoms with Crippen LogP contribution in [0.5, 0.6) is 0 Å². The third kappa shape index (κ3) is 4.16. The predicted octanol–water partition coefficient (Wildman–Crippen LogP) is 3.51. The molecule has 1 saturated heterocycles. The van der Waals surface area contributed by atoms with Gasteiger partial charge in [-0.1, -0.05) is 53.4 Å². The van der Waals surface area contributed by atoms with Crippen molar-refractivity contribution in [3.8, 4) is 0 Å². The van der Waals surface area contributed by atoms with Crippen molar-refractivity contribution in [2.24, 2.45) is 0 Å². The van der Waals surface area contributed by atoms with Crippen LogP contribution in [0.1, 0.15) is 43.4 Å².